The molecular formula is C29H38FN3O6. The molecule has 0 amide bonds. The number of hydrogen-bond acceptors (Lipinski definition) is 8. The van der Waals surface area contributed by atoms with Gasteiger partial charge in [-0.25, -0.2) is 4.39 Å². The average Bonchev–Trinajstić information content (AvgIpc) is 3.44. The highest BCUT2D eigenvalue weighted by molar-refractivity contribution is 6.06. The van der Waals surface area contributed by atoms with Gasteiger partial charge < -0.3 is 33.9 Å². The Morgan fingerprint density at radius 2 is 1.85 bits per heavy atom. The number of fused-ring (bicyclic) bond motifs is 1. The third-order valence-corrected chi connectivity index (χ3v) is 7.23. The molecule has 0 unspecified atom stereocenters. The number of halogens is 1. The average molecular weight is 544 g/mol. The van der Waals surface area contributed by atoms with E-state index < -0.39 is 11.9 Å². The molecule has 2 aromatic rings. The lowest BCUT2D eigenvalue weighted by molar-refractivity contribution is 0.0217. The number of ether oxygens (including phenoxy) is 4. The highest BCUT2D eigenvalue weighted by Gasteiger charge is 2.35. The van der Waals surface area contributed by atoms with Crippen LogP contribution in [0.1, 0.15) is 60.7 Å². The molecule has 2 N–H and O–H groups in total. The monoisotopic (exact) mass is 543 g/mol. The van der Waals surface area contributed by atoms with Crippen LogP contribution in [0.5, 0.6) is 17.2 Å². The van der Waals surface area contributed by atoms with Crippen molar-refractivity contribution in [1.29, 1.82) is 5.41 Å². The number of methoxy groups -OCH3 is 2. The molecule has 0 radical (unpaired) electrons. The Morgan fingerprint density at radius 3 is 2.44 bits per heavy atom. The third kappa shape index (κ3) is 5.40. The van der Waals surface area contributed by atoms with Crippen LogP contribution in [-0.4, -0.2) is 80.9 Å². The van der Waals surface area contributed by atoms with Gasteiger partial charge in [0.2, 0.25) is 0 Å². The number of Topliss-reactive ketones (excluding diaryl/α,β-unsaturated/α-hetero) is 1. The Bertz CT molecular complexity index is 1250. The second kappa shape index (κ2) is 11.8. The van der Waals surface area contributed by atoms with Crippen LogP contribution < -0.4 is 19.1 Å². The predicted octanol–water partition coefficient (Wildman–Crippen LogP) is 3.97. The molecule has 2 heterocycles. The van der Waals surface area contributed by atoms with E-state index in [1.807, 2.05) is 24.8 Å². The number of carbonyl (C=O) groups is 1. The summed E-state index contributed by atoms with van der Waals surface area (Å²) in [5.74, 6) is 0.0714. The minimum Gasteiger partial charge on any atom is -0.494 e. The second-order valence-electron chi connectivity index (χ2n) is 10.1. The van der Waals surface area contributed by atoms with Gasteiger partial charge in [0.1, 0.15) is 17.7 Å². The maximum absolute atomic E-state index is 15.5. The third-order valence-electron chi connectivity index (χ3n) is 7.23. The highest BCUT2D eigenvalue weighted by atomic mass is 19.1. The molecule has 10 heteroatoms. The summed E-state index contributed by atoms with van der Waals surface area (Å²) < 4.78 is 37.7. The first-order valence-electron chi connectivity index (χ1n) is 13.3. The van der Waals surface area contributed by atoms with Crippen LogP contribution in [0, 0.1) is 11.2 Å². The summed E-state index contributed by atoms with van der Waals surface area (Å²) in [6, 6.07) is 5.29. The lowest BCUT2D eigenvalue weighted by Gasteiger charge is -2.25. The zero-order valence-electron chi connectivity index (χ0n) is 23.5. The highest BCUT2D eigenvalue weighted by Crippen LogP contribution is 2.41. The van der Waals surface area contributed by atoms with Crippen molar-refractivity contribution in [3.8, 4) is 17.2 Å². The molecule has 2 aliphatic rings. The zero-order valence-corrected chi connectivity index (χ0v) is 23.5. The summed E-state index contributed by atoms with van der Waals surface area (Å²) in [5, 5.41) is 19.1. The van der Waals surface area contributed by atoms with Crippen LogP contribution in [-0.2, 0) is 11.3 Å². The van der Waals surface area contributed by atoms with Gasteiger partial charge in [-0.3, -0.25) is 10.2 Å². The van der Waals surface area contributed by atoms with Crippen molar-refractivity contribution in [3.63, 3.8) is 0 Å². The summed E-state index contributed by atoms with van der Waals surface area (Å²) >= 11 is 0. The first-order valence-corrected chi connectivity index (χ1v) is 13.3. The maximum atomic E-state index is 15.5. The van der Waals surface area contributed by atoms with Gasteiger partial charge in [-0.15, -0.1) is 0 Å². The van der Waals surface area contributed by atoms with Gasteiger partial charge >= 0.3 is 0 Å². The van der Waals surface area contributed by atoms with Crippen molar-refractivity contribution < 1.29 is 33.2 Å². The molecule has 0 aliphatic carbocycles. The van der Waals surface area contributed by atoms with Crippen molar-refractivity contribution in [2.24, 2.45) is 0 Å². The van der Waals surface area contributed by atoms with Gasteiger partial charge in [0.15, 0.2) is 23.1 Å². The number of aliphatic hydroxyl groups excluding tert-OH is 1. The number of aliphatic hydroxyl groups is 1. The normalized spacial score (nSPS) is 18.6. The first-order chi connectivity index (χ1) is 18.6. The van der Waals surface area contributed by atoms with E-state index in [1.54, 1.807) is 45.1 Å². The minimum absolute atomic E-state index is 0.0143. The molecule has 0 aromatic heterocycles. The Labute approximate surface area is 228 Å². The van der Waals surface area contributed by atoms with E-state index in [1.165, 1.54) is 0 Å². The van der Waals surface area contributed by atoms with Crippen LogP contribution in [0.15, 0.2) is 18.2 Å². The number of β-amino-alcohol motifs (C(OH)–C–C–N with tert-alkyl or cyclic N) is 1. The molecule has 9 nitrogen and oxygen atoms in total. The van der Waals surface area contributed by atoms with Crippen molar-refractivity contribution >= 4 is 17.3 Å². The van der Waals surface area contributed by atoms with Crippen LogP contribution in [0.2, 0.25) is 0 Å². The molecule has 1 fully saturated rings. The number of rotatable bonds is 11. The largest absolute Gasteiger partial charge is 0.494 e. The molecule has 0 saturated carbocycles. The van der Waals surface area contributed by atoms with Crippen LogP contribution in [0.3, 0.4) is 0 Å². The maximum Gasteiger partial charge on any atom is 0.197 e. The SMILES string of the molecule is CCOc1cc2c(c(F)c1OCC)C(=N)N(CC(=O)c1cc(C(C)C)c(OC)c(N3C[C@H](OC)[C@@H](O)C3)c1)C2. The molecule has 212 valence electrons. The Morgan fingerprint density at radius 1 is 1.13 bits per heavy atom. The number of nitrogens with zero attached hydrogens (tertiary/aromatic N) is 2. The minimum atomic E-state index is -0.664. The van der Waals surface area contributed by atoms with E-state index in [9.17, 15) is 9.90 Å². The number of carbonyl (C=O) groups excluding carboxylic acids is 1. The second-order valence-corrected chi connectivity index (χ2v) is 10.1. The number of hydrogen-bond donors (Lipinski definition) is 2. The molecule has 1 saturated heterocycles. The van der Waals surface area contributed by atoms with Crippen molar-refractivity contribution in [3.05, 3.63) is 46.3 Å². The van der Waals surface area contributed by atoms with Gasteiger partial charge in [-0.1, -0.05) is 13.8 Å². The molecular weight excluding hydrogens is 505 g/mol. The summed E-state index contributed by atoms with van der Waals surface area (Å²) in [4.78, 5) is 17.2. The van der Waals surface area contributed by atoms with E-state index in [2.05, 4.69) is 0 Å². The summed E-state index contributed by atoms with van der Waals surface area (Å²) in [6.45, 7) is 9.11. The molecule has 2 aliphatic heterocycles. The molecule has 2 aromatic carbocycles. The molecule has 0 spiro atoms. The van der Waals surface area contributed by atoms with Crippen molar-refractivity contribution in [2.75, 3.05) is 52.0 Å². The van der Waals surface area contributed by atoms with E-state index in [-0.39, 0.29) is 54.7 Å². The Kier molecular flexibility index (Phi) is 8.66. The Hall–Kier alpha value is -3.37. The first kappa shape index (κ1) is 28.6. The predicted molar refractivity (Wildman–Crippen MR) is 146 cm³/mol. The molecule has 39 heavy (non-hydrogen) atoms. The number of nitrogens with one attached hydrogen (secondary N) is 1. The fraction of sp³-hybridized carbons (Fsp3) is 0.517. The molecule has 2 atom stereocenters. The fourth-order valence-corrected chi connectivity index (χ4v) is 5.29. The Balaban J connectivity index is 1.65. The van der Waals surface area contributed by atoms with Crippen LogP contribution in [0.4, 0.5) is 10.1 Å². The topological polar surface area (TPSA) is 105 Å². The van der Waals surface area contributed by atoms with Crippen molar-refractivity contribution in [1.82, 2.24) is 4.90 Å². The van der Waals surface area contributed by atoms with Gasteiger partial charge in [-0.05, 0) is 49.1 Å². The quantitative estimate of drug-likeness (QED) is 0.411. The van der Waals surface area contributed by atoms with E-state index >= 15 is 4.39 Å². The standard InChI is InChI=1S/C29H38FN3O6/c1-7-38-23-11-18-12-33(29(31)25(18)26(30)28(23)39-8-2)13-21(34)17-9-19(16(3)4)27(37-6)20(10-17)32-14-22(35)24(15-32)36-5/h9-11,16,22,24,31,35H,7-8,12-15H2,1-6H3/t22-,24-/m0/s1. The fourth-order valence-electron chi connectivity index (χ4n) is 5.29. The molecule has 0 bridgehead atoms. The van der Waals surface area contributed by atoms with E-state index in [0.29, 0.717) is 48.0 Å². The van der Waals surface area contributed by atoms with Gasteiger partial charge in [0, 0.05) is 32.3 Å². The lowest BCUT2D eigenvalue weighted by Crippen LogP contribution is -2.31. The van der Waals surface area contributed by atoms with Gasteiger partial charge in [-0.2, -0.15) is 0 Å². The smallest absolute Gasteiger partial charge is 0.197 e. The number of ketones is 1. The van der Waals surface area contributed by atoms with Crippen LogP contribution >= 0.6 is 0 Å². The number of benzene rings is 2. The van der Waals surface area contributed by atoms with Crippen molar-refractivity contribution in [2.45, 2.75) is 52.4 Å². The summed E-state index contributed by atoms with van der Waals surface area (Å²) in [5.41, 5.74) is 2.73. The van der Waals surface area contributed by atoms with Gasteiger partial charge in [0.05, 0.1) is 44.2 Å². The van der Waals surface area contributed by atoms with E-state index in [4.69, 9.17) is 24.4 Å². The summed E-state index contributed by atoms with van der Waals surface area (Å²) in [7, 11) is 3.16. The summed E-state index contributed by atoms with van der Waals surface area (Å²) in [6.07, 6.45) is -1.01. The lowest BCUT2D eigenvalue weighted by atomic mass is 9.96. The van der Waals surface area contributed by atoms with Crippen LogP contribution in [0.25, 0.3) is 0 Å². The zero-order chi connectivity index (χ0) is 28.4. The molecule has 4 rings (SSSR count). The number of anilines is 1. The van der Waals surface area contributed by atoms with E-state index in [0.717, 1.165) is 5.56 Å². The van der Waals surface area contributed by atoms with Gasteiger partial charge in [0.25, 0.3) is 0 Å². The number of amidine groups is 1.